The summed E-state index contributed by atoms with van der Waals surface area (Å²) in [5.74, 6) is 1.97. The maximum Gasteiger partial charge on any atom is 0.340 e. The van der Waals surface area contributed by atoms with Crippen molar-refractivity contribution < 1.29 is 14.3 Å². The van der Waals surface area contributed by atoms with Gasteiger partial charge in [0.2, 0.25) is 5.91 Å². The van der Waals surface area contributed by atoms with Crippen molar-refractivity contribution in [1.82, 2.24) is 0 Å². The van der Waals surface area contributed by atoms with E-state index in [1.54, 1.807) is 30.0 Å². The molecule has 1 aromatic rings. The summed E-state index contributed by atoms with van der Waals surface area (Å²) in [5.41, 5.74) is 0.918. The van der Waals surface area contributed by atoms with Gasteiger partial charge in [0.05, 0.1) is 17.9 Å². The Bertz CT molecular complexity index is 591. The van der Waals surface area contributed by atoms with Gasteiger partial charge in [-0.05, 0) is 25.1 Å². The molecule has 2 rings (SSSR count). The predicted molar refractivity (Wildman–Crippen MR) is 79.4 cm³/mol. The van der Waals surface area contributed by atoms with Crippen LogP contribution < -0.4 is 4.90 Å². The van der Waals surface area contributed by atoms with Crippen molar-refractivity contribution in [3.05, 3.63) is 28.2 Å². The van der Waals surface area contributed by atoms with Crippen molar-refractivity contribution in [3.63, 3.8) is 0 Å². The number of rotatable bonds is 3. The molecule has 1 unspecified atom stereocenters. The second-order valence-corrected chi connectivity index (χ2v) is 5.37. The summed E-state index contributed by atoms with van der Waals surface area (Å²) in [6, 6.07) is 5.17. The Kier molecular flexibility index (Phi) is 4.46. The molecule has 1 saturated heterocycles. The number of amides is 1. The van der Waals surface area contributed by atoms with E-state index in [2.05, 4.69) is 21.9 Å². The number of hydrogen-bond donors (Lipinski definition) is 0. The number of anilines is 1. The molecule has 1 aliphatic rings. The Balaban J connectivity index is 2.39. The molecule has 0 aliphatic carbocycles. The second kappa shape index (κ2) is 6.10. The van der Waals surface area contributed by atoms with E-state index in [-0.39, 0.29) is 18.4 Å². The average Bonchev–Trinajstić information content (AvgIpc) is 2.80. The Morgan fingerprint density at radius 3 is 2.95 bits per heavy atom. The number of terminal acetylenes is 1. The van der Waals surface area contributed by atoms with Crippen molar-refractivity contribution in [3.8, 4) is 12.3 Å². The predicted octanol–water partition coefficient (Wildman–Crippen LogP) is 2.61. The molecule has 4 nitrogen and oxygen atoms in total. The van der Waals surface area contributed by atoms with Gasteiger partial charge in [-0.1, -0.05) is 15.9 Å². The van der Waals surface area contributed by atoms with Crippen molar-refractivity contribution in [2.24, 2.45) is 5.92 Å². The Hall–Kier alpha value is -1.80. The highest BCUT2D eigenvalue weighted by atomic mass is 79.9. The van der Waals surface area contributed by atoms with Gasteiger partial charge in [-0.3, -0.25) is 4.79 Å². The van der Waals surface area contributed by atoms with Crippen LogP contribution in [0.1, 0.15) is 23.7 Å². The fraction of sp³-hybridized carbons (Fsp3) is 0.333. The van der Waals surface area contributed by atoms with Gasteiger partial charge < -0.3 is 9.64 Å². The molecule has 1 amide bonds. The van der Waals surface area contributed by atoms with Crippen molar-refractivity contribution in [2.75, 3.05) is 18.1 Å². The fourth-order valence-electron chi connectivity index (χ4n) is 2.17. The molecule has 0 radical (unpaired) electrons. The Labute approximate surface area is 126 Å². The second-order valence-electron chi connectivity index (χ2n) is 4.45. The molecule has 0 bridgehead atoms. The van der Waals surface area contributed by atoms with E-state index in [0.717, 1.165) is 4.47 Å². The van der Waals surface area contributed by atoms with Crippen LogP contribution in [0.2, 0.25) is 0 Å². The lowest BCUT2D eigenvalue weighted by atomic mass is 10.1. The highest BCUT2D eigenvalue weighted by Crippen LogP contribution is 2.30. The lowest BCUT2D eigenvalue weighted by Crippen LogP contribution is -2.26. The summed E-state index contributed by atoms with van der Waals surface area (Å²) in [6.07, 6.45) is 5.69. The number of ether oxygens (including phenoxy) is 1. The molecule has 1 fully saturated rings. The van der Waals surface area contributed by atoms with E-state index in [1.807, 2.05) is 0 Å². The first kappa shape index (κ1) is 14.6. The zero-order chi connectivity index (χ0) is 14.7. The Morgan fingerprint density at radius 1 is 1.60 bits per heavy atom. The SMILES string of the molecule is C#CC1CC(=O)N(c2ccc(Br)cc2C(=O)OCC)C1. The van der Waals surface area contributed by atoms with Crippen LogP contribution in [0, 0.1) is 18.3 Å². The third kappa shape index (κ3) is 2.86. The first-order chi connectivity index (χ1) is 9.56. The standard InChI is InChI=1S/C15H14BrNO3/c1-3-10-7-14(18)17(9-10)13-6-5-11(16)8-12(13)15(19)20-4-2/h1,5-6,8,10H,4,7,9H2,2H3. The van der Waals surface area contributed by atoms with E-state index in [1.165, 1.54) is 0 Å². The number of benzene rings is 1. The molecule has 5 heteroatoms. The van der Waals surface area contributed by atoms with Crippen LogP contribution in [0.15, 0.2) is 22.7 Å². The number of hydrogen-bond acceptors (Lipinski definition) is 3. The van der Waals surface area contributed by atoms with Gasteiger partial charge in [0, 0.05) is 23.4 Å². The van der Waals surface area contributed by atoms with Gasteiger partial charge in [-0.2, -0.15) is 0 Å². The quantitative estimate of drug-likeness (QED) is 0.630. The summed E-state index contributed by atoms with van der Waals surface area (Å²) in [6.45, 7) is 2.46. The average molecular weight is 336 g/mol. The van der Waals surface area contributed by atoms with Crippen LogP contribution >= 0.6 is 15.9 Å². The molecule has 0 spiro atoms. The van der Waals surface area contributed by atoms with E-state index in [4.69, 9.17) is 11.2 Å². The first-order valence-corrected chi connectivity index (χ1v) is 7.09. The van der Waals surface area contributed by atoms with E-state index in [9.17, 15) is 9.59 Å². The molecule has 0 saturated carbocycles. The molecular formula is C15H14BrNO3. The summed E-state index contributed by atoms with van der Waals surface area (Å²) in [5, 5.41) is 0. The van der Waals surface area contributed by atoms with Crippen molar-refractivity contribution in [1.29, 1.82) is 0 Å². The van der Waals surface area contributed by atoms with Crippen LogP contribution in [0.3, 0.4) is 0 Å². The monoisotopic (exact) mass is 335 g/mol. The molecule has 1 aromatic carbocycles. The molecule has 20 heavy (non-hydrogen) atoms. The highest BCUT2D eigenvalue weighted by Gasteiger charge is 2.32. The number of esters is 1. The molecule has 1 aliphatic heterocycles. The maximum absolute atomic E-state index is 12.0. The molecular weight excluding hydrogens is 322 g/mol. The van der Waals surface area contributed by atoms with Gasteiger partial charge >= 0.3 is 5.97 Å². The molecule has 1 heterocycles. The van der Waals surface area contributed by atoms with E-state index < -0.39 is 5.97 Å². The number of halogens is 1. The van der Waals surface area contributed by atoms with E-state index in [0.29, 0.717) is 24.2 Å². The Morgan fingerprint density at radius 2 is 2.35 bits per heavy atom. The number of nitrogens with zero attached hydrogens (tertiary/aromatic N) is 1. The summed E-state index contributed by atoms with van der Waals surface area (Å²) >= 11 is 3.32. The van der Waals surface area contributed by atoms with Crippen LogP contribution in [-0.2, 0) is 9.53 Å². The molecule has 1 atom stereocenters. The third-order valence-corrected chi connectivity index (χ3v) is 3.60. The van der Waals surface area contributed by atoms with Gasteiger partial charge in [0.1, 0.15) is 0 Å². The molecule has 0 aromatic heterocycles. The van der Waals surface area contributed by atoms with Crippen LogP contribution in [0.25, 0.3) is 0 Å². The first-order valence-electron chi connectivity index (χ1n) is 6.30. The van der Waals surface area contributed by atoms with E-state index >= 15 is 0 Å². The normalized spacial score (nSPS) is 17.9. The minimum atomic E-state index is -0.444. The summed E-state index contributed by atoms with van der Waals surface area (Å²) < 4.78 is 5.79. The highest BCUT2D eigenvalue weighted by molar-refractivity contribution is 9.10. The number of carbonyl (C=O) groups excluding carboxylic acids is 2. The molecule has 0 N–H and O–H groups in total. The zero-order valence-electron chi connectivity index (χ0n) is 11.1. The van der Waals surface area contributed by atoms with Gasteiger partial charge in [-0.25, -0.2) is 4.79 Å². The lowest BCUT2D eigenvalue weighted by molar-refractivity contribution is -0.117. The van der Waals surface area contributed by atoms with Crippen LogP contribution in [0.4, 0.5) is 5.69 Å². The maximum atomic E-state index is 12.0. The zero-order valence-corrected chi connectivity index (χ0v) is 12.6. The van der Waals surface area contributed by atoms with Crippen molar-refractivity contribution in [2.45, 2.75) is 13.3 Å². The number of carbonyl (C=O) groups is 2. The fourth-order valence-corrected chi connectivity index (χ4v) is 2.53. The van der Waals surface area contributed by atoms with Crippen LogP contribution in [-0.4, -0.2) is 25.0 Å². The van der Waals surface area contributed by atoms with Gasteiger partial charge in [0.25, 0.3) is 0 Å². The molecule has 104 valence electrons. The van der Waals surface area contributed by atoms with Crippen molar-refractivity contribution >= 4 is 33.5 Å². The minimum absolute atomic E-state index is 0.0687. The van der Waals surface area contributed by atoms with Crippen LogP contribution in [0.5, 0.6) is 0 Å². The largest absolute Gasteiger partial charge is 0.462 e. The third-order valence-electron chi connectivity index (χ3n) is 3.11. The smallest absolute Gasteiger partial charge is 0.340 e. The topological polar surface area (TPSA) is 46.6 Å². The summed E-state index contributed by atoms with van der Waals surface area (Å²) in [7, 11) is 0. The van der Waals surface area contributed by atoms with Gasteiger partial charge in [0.15, 0.2) is 0 Å². The minimum Gasteiger partial charge on any atom is -0.462 e. The lowest BCUT2D eigenvalue weighted by Gasteiger charge is -2.19. The summed E-state index contributed by atoms with van der Waals surface area (Å²) in [4.78, 5) is 25.6. The van der Waals surface area contributed by atoms with Gasteiger partial charge in [-0.15, -0.1) is 12.3 Å².